The lowest BCUT2D eigenvalue weighted by molar-refractivity contribution is -0.144. The first-order valence-electron chi connectivity index (χ1n) is 5.62. The van der Waals surface area contributed by atoms with Crippen LogP contribution in [-0.4, -0.2) is 58.8 Å². The number of ether oxygens (including phenoxy) is 1. The lowest BCUT2D eigenvalue weighted by Crippen LogP contribution is -2.48. The highest BCUT2D eigenvalue weighted by Crippen LogP contribution is 2.04. The number of hydrogen-bond donors (Lipinski definition) is 2. The van der Waals surface area contributed by atoms with Gasteiger partial charge in [0.1, 0.15) is 11.9 Å². The van der Waals surface area contributed by atoms with Crippen LogP contribution in [0.4, 0.5) is 0 Å². The number of likely N-dealkylation sites (N-methyl/N-ethyl adjacent to an activating group) is 1. The van der Waals surface area contributed by atoms with Gasteiger partial charge >= 0.3 is 0 Å². The first-order chi connectivity index (χ1) is 8.16. The van der Waals surface area contributed by atoms with Gasteiger partial charge in [-0.3, -0.25) is 9.89 Å². The van der Waals surface area contributed by atoms with Crippen LogP contribution in [0, 0.1) is 6.92 Å². The highest BCUT2D eigenvalue weighted by Gasteiger charge is 2.25. The molecule has 0 aromatic carbocycles. The number of nitrogens with zero attached hydrogens (tertiary/aromatic N) is 3. The number of amides is 1. The fourth-order valence-electron chi connectivity index (χ4n) is 1.72. The summed E-state index contributed by atoms with van der Waals surface area (Å²) in [5, 5.41) is 9.88. The molecule has 0 spiro atoms. The van der Waals surface area contributed by atoms with E-state index in [1.54, 1.807) is 11.9 Å². The van der Waals surface area contributed by atoms with Crippen molar-refractivity contribution >= 4 is 5.91 Å². The highest BCUT2D eigenvalue weighted by molar-refractivity contribution is 5.81. The second-order valence-corrected chi connectivity index (χ2v) is 4.09. The summed E-state index contributed by atoms with van der Waals surface area (Å²) in [6, 6.07) is 0. The predicted octanol–water partition coefficient (Wildman–Crippen LogP) is -0.940. The second kappa shape index (κ2) is 5.24. The molecule has 0 radical (unpaired) electrons. The fraction of sp³-hybridized carbons (Fsp3) is 0.700. The van der Waals surface area contributed by atoms with Crippen LogP contribution in [0.3, 0.4) is 0 Å². The Hall–Kier alpha value is -1.47. The second-order valence-electron chi connectivity index (χ2n) is 4.09. The zero-order chi connectivity index (χ0) is 12.3. The zero-order valence-corrected chi connectivity index (χ0v) is 10.1. The van der Waals surface area contributed by atoms with Crippen molar-refractivity contribution in [3.05, 3.63) is 11.6 Å². The van der Waals surface area contributed by atoms with E-state index in [-0.39, 0.29) is 5.91 Å². The molecular weight excluding hydrogens is 222 g/mol. The minimum Gasteiger partial charge on any atom is -0.366 e. The van der Waals surface area contributed by atoms with Crippen molar-refractivity contribution in [2.75, 3.05) is 26.7 Å². The largest absolute Gasteiger partial charge is 0.366 e. The van der Waals surface area contributed by atoms with Crippen LogP contribution in [0.1, 0.15) is 11.6 Å². The first-order valence-corrected chi connectivity index (χ1v) is 5.62. The third kappa shape index (κ3) is 3.01. The summed E-state index contributed by atoms with van der Waals surface area (Å²) in [5.41, 5.74) is 0. The Bertz CT molecular complexity index is 386. The molecular formula is C10H17N5O2. The molecule has 1 fully saturated rings. The van der Waals surface area contributed by atoms with E-state index >= 15 is 0 Å². The lowest BCUT2D eigenvalue weighted by Gasteiger charge is -2.26. The summed E-state index contributed by atoms with van der Waals surface area (Å²) in [4.78, 5) is 17.7. The van der Waals surface area contributed by atoms with E-state index in [2.05, 4.69) is 20.5 Å². The van der Waals surface area contributed by atoms with Crippen molar-refractivity contribution in [1.29, 1.82) is 0 Å². The molecule has 0 bridgehead atoms. The molecule has 94 valence electrons. The maximum Gasteiger partial charge on any atom is 0.253 e. The minimum absolute atomic E-state index is 0.0420. The number of nitrogens with one attached hydrogen (secondary N) is 2. The number of aryl methyl sites for hydroxylation is 1. The minimum atomic E-state index is -0.395. The molecule has 7 heteroatoms. The number of rotatable bonds is 3. The normalized spacial score (nSPS) is 20.2. The standard InChI is InChI=1S/C10H17N5O2/c1-7-12-9(14-13-7)6-15(2)10(16)8-5-11-3-4-17-8/h8,11H,3-6H2,1-2H3,(H,12,13,14). The summed E-state index contributed by atoms with van der Waals surface area (Å²) in [6.07, 6.45) is -0.395. The third-order valence-electron chi connectivity index (χ3n) is 2.60. The lowest BCUT2D eigenvalue weighted by atomic mass is 10.2. The van der Waals surface area contributed by atoms with Crippen LogP contribution in [0.5, 0.6) is 0 Å². The van der Waals surface area contributed by atoms with E-state index in [0.717, 1.165) is 12.4 Å². The maximum atomic E-state index is 12.0. The van der Waals surface area contributed by atoms with E-state index in [1.165, 1.54) is 0 Å². The van der Waals surface area contributed by atoms with Gasteiger partial charge in [0.15, 0.2) is 5.82 Å². The number of aromatic nitrogens is 3. The Labute approximate surface area is 99.5 Å². The quantitative estimate of drug-likeness (QED) is 0.711. The van der Waals surface area contributed by atoms with Gasteiger partial charge in [-0.15, -0.1) is 0 Å². The van der Waals surface area contributed by atoms with E-state index in [9.17, 15) is 4.79 Å². The Kier molecular flexibility index (Phi) is 3.70. The van der Waals surface area contributed by atoms with Crippen molar-refractivity contribution in [2.24, 2.45) is 0 Å². The van der Waals surface area contributed by atoms with Crippen LogP contribution in [0.15, 0.2) is 0 Å². The predicted molar refractivity (Wildman–Crippen MR) is 60.2 cm³/mol. The maximum absolute atomic E-state index is 12.0. The average Bonchev–Trinajstić information content (AvgIpc) is 2.75. The molecule has 1 unspecified atom stereocenters. The van der Waals surface area contributed by atoms with Crippen molar-refractivity contribution in [3.8, 4) is 0 Å². The Morgan fingerprint density at radius 2 is 2.47 bits per heavy atom. The summed E-state index contributed by atoms with van der Waals surface area (Å²) < 4.78 is 5.40. The summed E-state index contributed by atoms with van der Waals surface area (Å²) in [7, 11) is 1.73. The molecule has 7 nitrogen and oxygen atoms in total. The Balaban J connectivity index is 1.90. The van der Waals surface area contributed by atoms with E-state index in [0.29, 0.717) is 25.5 Å². The molecule has 1 atom stereocenters. The van der Waals surface area contributed by atoms with Gasteiger partial charge in [-0.25, -0.2) is 4.98 Å². The van der Waals surface area contributed by atoms with E-state index < -0.39 is 6.10 Å². The van der Waals surface area contributed by atoms with Crippen molar-refractivity contribution < 1.29 is 9.53 Å². The number of H-pyrrole nitrogens is 1. The van der Waals surface area contributed by atoms with Crippen LogP contribution < -0.4 is 5.32 Å². The highest BCUT2D eigenvalue weighted by atomic mass is 16.5. The van der Waals surface area contributed by atoms with Crippen LogP contribution >= 0.6 is 0 Å². The van der Waals surface area contributed by atoms with Gasteiger partial charge < -0.3 is 15.0 Å². The summed E-state index contributed by atoms with van der Waals surface area (Å²) in [5.74, 6) is 1.32. The third-order valence-corrected chi connectivity index (χ3v) is 2.60. The monoisotopic (exact) mass is 239 g/mol. The van der Waals surface area contributed by atoms with Crippen LogP contribution in [-0.2, 0) is 16.1 Å². The number of carbonyl (C=O) groups excluding carboxylic acids is 1. The molecule has 0 saturated carbocycles. The van der Waals surface area contributed by atoms with Crippen LogP contribution in [0.25, 0.3) is 0 Å². The first kappa shape index (κ1) is 12.0. The molecule has 1 aromatic heterocycles. The smallest absolute Gasteiger partial charge is 0.253 e. The number of aromatic amines is 1. The van der Waals surface area contributed by atoms with Gasteiger partial charge in [-0.1, -0.05) is 0 Å². The van der Waals surface area contributed by atoms with E-state index in [1.807, 2.05) is 6.92 Å². The molecule has 1 saturated heterocycles. The summed E-state index contributed by atoms with van der Waals surface area (Å²) in [6.45, 7) is 4.16. The van der Waals surface area contributed by atoms with Gasteiger partial charge in [0.05, 0.1) is 13.2 Å². The van der Waals surface area contributed by atoms with Crippen molar-refractivity contribution in [2.45, 2.75) is 19.6 Å². The van der Waals surface area contributed by atoms with Gasteiger partial charge in [0.25, 0.3) is 5.91 Å². The molecule has 1 amide bonds. The molecule has 1 aliphatic rings. The van der Waals surface area contributed by atoms with Gasteiger partial charge in [0, 0.05) is 20.1 Å². The SMILES string of the molecule is Cc1nc(CN(C)C(=O)C2CNCCO2)n[nH]1. The number of carbonyl (C=O) groups is 1. The van der Waals surface area contributed by atoms with Gasteiger partial charge in [-0.05, 0) is 6.92 Å². The average molecular weight is 239 g/mol. The summed E-state index contributed by atoms with van der Waals surface area (Å²) >= 11 is 0. The molecule has 2 N–H and O–H groups in total. The topological polar surface area (TPSA) is 83.1 Å². The zero-order valence-electron chi connectivity index (χ0n) is 10.1. The fourth-order valence-corrected chi connectivity index (χ4v) is 1.72. The number of hydrogen-bond acceptors (Lipinski definition) is 5. The molecule has 2 rings (SSSR count). The molecule has 17 heavy (non-hydrogen) atoms. The van der Waals surface area contributed by atoms with Crippen molar-refractivity contribution in [3.63, 3.8) is 0 Å². The van der Waals surface area contributed by atoms with Crippen molar-refractivity contribution in [1.82, 2.24) is 25.4 Å². The Morgan fingerprint density at radius 1 is 1.65 bits per heavy atom. The molecule has 1 aromatic rings. The van der Waals surface area contributed by atoms with E-state index in [4.69, 9.17) is 4.74 Å². The van der Waals surface area contributed by atoms with Gasteiger partial charge in [0.2, 0.25) is 0 Å². The molecule has 2 heterocycles. The molecule has 1 aliphatic heterocycles. The molecule has 0 aliphatic carbocycles. The number of morpholine rings is 1. The van der Waals surface area contributed by atoms with Gasteiger partial charge in [-0.2, -0.15) is 5.10 Å². The van der Waals surface area contributed by atoms with Crippen LogP contribution in [0.2, 0.25) is 0 Å². The Morgan fingerprint density at radius 3 is 3.06 bits per heavy atom.